The van der Waals surface area contributed by atoms with Crippen LogP contribution in [0.2, 0.25) is 0 Å². The summed E-state index contributed by atoms with van der Waals surface area (Å²) in [7, 11) is 1.93. The maximum Gasteiger partial charge on any atom is 0.337 e. The smallest absolute Gasteiger partial charge is 0.337 e. The van der Waals surface area contributed by atoms with Gasteiger partial charge < -0.3 is 29.2 Å². The van der Waals surface area contributed by atoms with Gasteiger partial charge in [-0.15, -0.1) is 0 Å². The van der Waals surface area contributed by atoms with Crippen molar-refractivity contribution in [1.82, 2.24) is 14.5 Å². The summed E-state index contributed by atoms with van der Waals surface area (Å²) in [6.07, 6.45) is 1.87. The topological polar surface area (TPSA) is 108 Å². The number of pyridine rings is 2. The first-order chi connectivity index (χ1) is 22.9. The van der Waals surface area contributed by atoms with Crippen molar-refractivity contribution in [3.8, 4) is 45.1 Å². The molecular weight excluding hydrogens is 611 g/mol. The van der Waals surface area contributed by atoms with Crippen molar-refractivity contribution < 1.29 is 28.5 Å². The Kier molecular flexibility index (Phi) is 7.86. The van der Waals surface area contributed by atoms with Gasteiger partial charge in [-0.1, -0.05) is 0 Å². The van der Waals surface area contributed by atoms with E-state index in [0.29, 0.717) is 53.1 Å². The first-order valence-corrected chi connectivity index (χ1v) is 16.2. The zero-order valence-electron chi connectivity index (χ0n) is 28.0. The molecule has 9 nitrogen and oxygen atoms in total. The molecule has 48 heavy (non-hydrogen) atoms. The van der Waals surface area contributed by atoms with Crippen molar-refractivity contribution in [2.45, 2.75) is 59.2 Å². The van der Waals surface area contributed by atoms with E-state index in [2.05, 4.69) is 10.3 Å². The van der Waals surface area contributed by atoms with Crippen molar-refractivity contribution in [2.24, 2.45) is 7.05 Å². The predicted molar refractivity (Wildman–Crippen MR) is 183 cm³/mol. The van der Waals surface area contributed by atoms with E-state index in [1.165, 1.54) is 6.07 Å². The molecule has 0 fully saturated rings. The lowest BCUT2D eigenvalue weighted by Gasteiger charge is -2.29. The molecular formula is C38H39FN4O5. The summed E-state index contributed by atoms with van der Waals surface area (Å²) in [6, 6.07) is 13.4. The second kappa shape index (κ2) is 11.9. The molecule has 2 aliphatic rings. The Bertz CT molecular complexity index is 2100. The Labute approximate surface area is 278 Å². The van der Waals surface area contributed by atoms with Gasteiger partial charge in [-0.2, -0.15) is 0 Å². The number of anilines is 1. The highest BCUT2D eigenvalue weighted by atomic mass is 19.1. The lowest BCUT2D eigenvalue weighted by molar-refractivity contribution is -0.160. The number of carboxylic acids is 1. The number of nitrogens with zero attached hydrogens (tertiary/aromatic N) is 3. The van der Waals surface area contributed by atoms with E-state index in [0.717, 1.165) is 58.0 Å². The number of halogens is 1. The van der Waals surface area contributed by atoms with Gasteiger partial charge in [0.25, 0.3) is 0 Å². The second-order valence-electron chi connectivity index (χ2n) is 13.5. The number of fused-ring (bicyclic) bond motifs is 3. The number of rotatable bonds is 6. The van der Waals surface area contributed by atoms with Crippen molar-refractivity contribution >= 4 is 22.7 Å². The summed E-state index contributed by atoms with van der Waals surface area (Å²) in [4.78, 5) is 22.6. The van der Waals surface area contributed by atoms with Crippen molar-refractivity contribution in [3.63, 3.8) is 0 Å². The van der Waals surface area contributed by atoms with E-state index in [4.69, 9.17) is 19.2 Å². The Balaban J connectivity index is 1.47. The first kappa shape index (κ1) is 31.6. The maximum absolute atomic E-state index is 15.8. The molecule has 0 aliphatic carbocycles. The fraction of sp³-hybridized carbons (Fsp3) is 0.342. The fourth-order valence-corrected chi connectivity index (χ4v) is 6.90. The van der Waals surface area contributed by atoms with E-state index in [1.807, 2.05) is 75.7 Å². The van der Waals surface area contributed by atoms with Crippen molar-refractivity contribution in [3.05, 3.63) is 76.9 Å². The van der Waals surface area contributed by atoms with Gasteiger partial charge in [0, 0.05) is 58.7 Å². The summed E-state index contributed by atoms with van der Waals surface area (Å²) in [6.45, 7) is 11.0. The summed E-state index contributed by atoms with van der Waals surface area (Å²) in [5, 5.41) is 14.6. The maximum atomic E-state index is 15.8. The Morgan fingerprint density at radius 1 is 1.08 bits per heavy atom. The number of hydrogen-bond acceptors (Lipinski definition) is 7. The zero-order chi connectivity index (χ0) is 33.9. The van der Waals surface area contributed by atoms with Crippen LogP contribution in [0.4, 0.5) is 10.1 Å². The number of aryl methyl sites for hydroxylation is 2. The number of nitrogens with one attached hydrogen (secondary N) is 1. The van der Waals surface area contributed by atoms with Crippen LogP contribution < -0.4 is 14.8 Å². The predicted octanol–water partition coefficient (Wildman–Crippen LogP) is 7.80. The zero-order valence-corrected chi connectivity index (χ0v) is 28.0. The highest BCUT2D eigenvalue weighted by molar-refractivity contribution is 6.01. The molecule has 0 spiro atoms. The van der Waals surface area contributed by atoms with E-state index < -0.39 is 23.5 Å². The third-order valence-corrected chi connectivity index (χ3v) is 9.07. The molecule has 0 unspecified atom stereocenters. The molecule has 248 valence electrons. The van der Waals surface area contributed by atoms with E-state index in [9.17, 15) is 9.90 Å². The van der Waals surface area contributed by atoms with E-state index in [1.54, 1.807) is 13.1 Å². The second-order valence-corrected chi connectivity index (χ2v) is 13.5. The van der Waals surface area contributed by atoms with Crippen molar-refractivity contribution in [2.75, 3.05) is 25.1 Å². The molecule has 1 atom stereocenters. The Morgan fingerprint density at radius 3 is 2.67 bits per heavy atom. The number of carbonyl (C=O) groups is 1. The van der Waals surface area contributed by atoms with Gasteiger partial charge in [0.15, 0.2) is 17.7 Å². The van der Waals surface area contributed by atoms with Crippen LogP contribution in [0.25, 0.3) is 44.7 Å². The molecule has 10 heteroatoms. The Hall–Kier alpha value is -4.96. The van der Waals surface area contributed by atoms with Crippen LogP contribution in [-0.4, -0.2) is 51.0 Å². The third kappa shape index (κ3) is 5.53. The molecule has 2 aromatic carbocycles. The summed E-state index contributed by atoms with van der Waals surface area (Å²) in [5.41, 5.74) is 8.00. The minimum absolute atomic E-state index is 0.272. The summed E-state index contributed by atoms with van der Waals surface area (Å²) >= 11 is 0. The molecule has 5 aromatic rings. The lowest BCUT2D eigenvalue weighted by Crippen LogP contribution is -2.28. The standard InChI is InChI=1S/C38H39FN4O5/c1-20-24-8-7-14-47-34(24)27(39)18-25(20)33-26-19-30(43(6)36(26)42-21(2)32(33)35(37(44)45)48-38(3,4)5)23-11-12-40-28(17-23)22-9-10-31-29(16-22)41-13-15-46-31/h9-12,16-19,35,41H,7-8,13-15H2,1-6H3,(H,44,45)/t35-/m0/s1. The molecule has 2 N–H and O–H groups in total. The van der Waals surface area contributed by atoms with Gasteiger partial charge in [-0.05, 0) is 101 Å². The fourth-order valence-electron chi connectivity index (χ4n) is 6.90. The molecule has 0 saturated carbocycles. The SMILES string of the molecule is Cc1nc2c(cc(-c3ccnc(-c4ccc5c(c4)NCCO5)c3)n2C)c(-c2cc(F)c3c(c2C)CCCO3)c1[C@H](OC(C)(C)C)C(=O)O. The molecule has 0 saturated heterocycles. The normalized spacial score (nSPS) is 14.8. The number of hydrogen-bond donors (Lipinski definition) is 2. The lowest BCUT2D eigenvalue weighted by atomic mass is 9.86. The number of ether oxygens (including phenoxy) is 3. The molecule has 5 heterocycles. The van der Waals surface area contributed by atoms with Crippen LogP contribution in [0, 0.1) is 19.7 Å². The largest absolute Gasteiger partial charge is 0.490 e. The van der Waals surface area contributed by atoms with Crippen LogP contribution in [0.5, 0.6) is 11.5 Å². The van der Waals surface area contributed by atoms with Crippen LogP contribution in [0.15, 0.2) is 48.7 Å². The third-order valence-electron chi connectivity index (χ3n) is 9.07. The van der Waals surface area contributed by atoms with Gasteiger partial charge in [0.05, 0.1) is 29.3 Å². The highest BCUT2D eigenvalue weighted by Crippen LogP contribution is 2.46. The van der Waals surface area contributed by atoms with Gasteiger partial charge in [-0.25, -0.2) is 14.2 Å². The Morgan fingerprint density at radius 2 is 1.90 bits per heavy atom. The van der Waals surface area contributed by atoms with Gasteiger partial charge in [0.1, 0.15) is 18.0 Å². The molecule has 2 aliphatic heterocycles. The molecule has 3 aromatic heterocycles. The number of benzene rings is 2. The average Bonchev–Trinajstić information content (AvgIpc) is 3.39. The summed E-state index contributed by atoms with van der Waals surface area (Å²) < 4.78 is 35.5. The van der Waals surface area contributed by atoms with Crippen LogP contribution >= 0.6 is 0 Å². The van der Waals surface area contributed by atoms with Crippen LogP contribution in [0.3, 0.4) is 0 Å². The van der Waals surface area contributed by atoms with Gasteiger partial charge in [0.2, 0.25) is 0 Å². The number of carboxylic acid groups (broad SMARTS) is 1. The number of aromatic nitrogens is 3. The van der Waals surface area contributed by atoms with Gasteiger partial charge >= 0.3 is 5.97 Å². The van der Waals surface area contributed by atoms with Crippen LogP contribution in [0.1, 0.15) is 55.7 Å². The minimum atomic E-state index is -1.34. The van der Waals surface area contributed by atoms with Gasteiger partial charge in [-0.3, -0.25) is 4.98 Å². The van der Waals surface area contributed by atoms with Crippen LogP contribution in [-0.2, 0) is 23.0 Å². The summed E-state index contributed by atoms with van der Waals surface area (Å²) in [5.74, 6) is -0.527. The highest BCUT2D eigenvalue weighted by Gasteiger charge is 2.34. The molecule has 0 bridgehead atoms. The molecule has 0 amide bonds. The molecule has 7 rings (SSSR count). The molecule has 0 radical (unpaired) electrons. The number of aliphatic carboxylic acids is 1. The average molecular weight is 651 g/mol. The van der Waals surface area contributed by atoms with Crippen molar-refractivity contribution in [1.29, 1.82) is 0 Å². The van der Waals surface area contributed by atoms with E-state index in [-0.39, 0.29) is 5.75 Å². The minimum Gasteiger partial charge on any atom is -0.490 e. The van der Waals surface area contributed by atoms with E-state index >= 15 is 4.39 Å². The monoisotopic (exact) mass is 650 g/mol. The quantitative estimate of drug-likeness (QED) is 0.192. The first-order valence-electron chi connectivity index (χ1n) is 16.2.